The van der Waals surface area contributed by atoms with Crippen LogP contribution in [0.1, 0.15) is 13.3 Å². The second-order valence-electron chi connectivity index (χ2n) is 1.47. The van der Waals surface area contributed by atoms with Crippen molar-refractivity contribution in [2.75, 3.05) is 6.61 Å². The van der Waals surface area contributed by atoms with Crippen LogP contribution in [0.15, 0.2) is 24.3 Å². The van der Waals surface area contributed by atoms with E-state index in [4.69, 9.17) is 5.11 Å². The fraction of sp³-hybridized carbons (Fsp3) is 0.429. The van der Waals surface area contributed by atoms with Crippen molar-refractivity contribution >= 4 is 0 Å². The van der Waals surface area contributed by atoms with E-state index in [2.05, 4.69) is 0 Å². The highest BCUT2D eigenvalue weighted by molar-refractivity contribution is 5.00. The van der Waals surface area contributed by atoms with Crippen LogP contribution in [0.2, 0.25) is 0 Å². The van der Waals surface area contributed by atoms with Crippen LogP contribution < -0.4 is 0 Å². The number of rotatable bonds is 3. The molecule has 0 aromatic rings. The molecule has 1 N–H and O–H groups in total. The van der Waals surface area contributed by atoms with Gasteiger partial charge in [0.25, 0.3) is 0 Å². The van der Waals surface area contributed by atoms with Crippen LogP contribution in [0.5, 0.6) is 0 Å². The molecule has 0 fully saturated rings. The van der Waals surface area contributed by atoms with Crippen LogP contribution in [0.4, 0.5) is 0 Å². The third-order valence-corrected chi connectivity index (χ3v) is 0.735. The van der Waals surface area contributed by atoms with E-state index >= 15 is 0 Å². The van der Waals surface area contributed by atoms with Crippen LogP contribution >= 0.6 is 0 Å². The van der Waals surface area contributed by atoms with E-state index in [0.717, 1.165) is 6.42 Å². The Hall–Kier alpha value is -0.560. The van der Waals surface area contributed by atoms with E-state index in [9.17, 15) is 0 Å². The standard InChI is InChI=1S/C7H12O/c1-2-3-4-5-6-7-8/h2-5,8H,6-7H2,1H3/b3-2+,5-4-. The monoisotopic (exact) mass is 112 g/mol. The van der Waals surface area contributed by atoms with E-state index in [1.807, 2.05) is 31.2 Å². The summed E-state index contributed by atoms with van der Waals surface area (Å²) in [5, 5.41) is 8.29. The first-order valence-electron chi connectivity index (χ1n) is 2.80. The summed E-state index contributed by atoms with van der Waals surface area (Å²) >= 11 is 0. The molecule has 0 aliphatic rings. The van der Waals surface area contributed by atoms with Crippen molar-refractivity contribution in [2.45, 2.75) is 13.3 Å². The molecule has 0 amide bonds. The number of aliphatic hydroxyl groups is 1. The van der Waals surface area contributed by atoms with Crippen LogP contribution in [-0.4, -0.2) is 11.7 Å². The molecule has 0 aliphatic heterocycles. The zero-order chi connectivity index (χ0) is 6.24. The molecule has 0 radical (unpaired) electrons. The van der Waals surface area contributed by atoms with Gasteiger partial charge in [0.15, 0.2) is 0 Å². The summed E-state index contributed by atoms with van der Waals surface area (Å²) in [7, 11) is 0. The predicted molar refractivity (Wildman–Crippen MR) is 35.7 cm³/mol. The van der Waals surface area contributed by atoms with Gasteiger partial charge in [-0.3, -0.25) is 0 Å². The first-order chi connectivity index (χ1) is 3.91. The third-order valence-electron chi connectivity index (χ3n) is 0.735. The fourth-order valence-corrected chi connectivity index (χ4v) is 0.360. The van der Waals surface area contributed by atoms with Gasteiger partial charge in [-0.2, -0.15) is 0 Å². The molecule has 8 heavy (non-hydrogen) atoms. The highest BCUT2D eigenvalue weighted by atomic mass is 16.2. The van der Waals surface area contributed by atoms with Gasteiger partial charge < -0.3 is 5.11 Å². The van der Waals surface area contributed by atoms with Gasteiger partial charge in [-0.25, -0.2) is 0 Å². The Bertz CT molecular complexity index is 82.4. The molecule has 0 heterocycles. The van der Waals surface area contributed by atoms with E-state index in [-0.39, 0.29) is 6.61 Å². The van der Waals surface area contributed by atoms with E-state index in [1.165, 1.54) is 0 Å². The molecule has 1 nitrogen and oxygen atoms in total. The molecular weight excluding hydrogens is 100 g/mol. The average molecular weight is 112 g/mol. The highest BCUT2D eigenvalue weighted by Gasteiger charge is 1.67. The molecule has 46 valence electrons. The normalized spacial score (nSPS) is 11.8. The average Bonchev–Trinajstić information content (AvgIpc) is 1.81. The first kappa shape index (κ1) is 7.44. The van der Waals surface area contributed by atoms with Crippen LogP contribution in [0.25, 0.3) is 0 Å². The lowest BCUT2D eigenvalue weighted by Crippen LogP contribution is -1.73. The predicted octanol–water partition coefficient (Wildman–Crippen LogP) is 1.50. The van der Waals surface area contributed by atoms with Gasteiger partial charge in [-0.05, 0) is 13.3 Å². The summed E-state index contributed by atoms with van der Waals surface area (Å²) in [4.78, 5) is 0. The summed E-state index contributed by atoms with van der Waals surface area (Å²) in [5.74, 6) is 0. The molecule has 0 bridgehead atoms. The number of hydrogen-bond donors (Lipinski definition) is 1. The number of hydrogen-bond acceptors (Lipinski definition) is 1. The number of aliphatic hydroxyl groups excluding tert-OH is 1. The minimum atomic E-state index is 0.244. The highest BCUT2D eigenvalue weighted by Crippen LogP contribution is 1.80. The van der Waals surface area contributed by atoms with Crippen molar-refractivity contribution in [3.8, 4) is 0 Å². The molecule has 0 aromatic heterocycles. The SMILES string of the molecule is C/C=C/C=C\CCO. The molecule has 0 saturated carbocycles. The Kier molecular flexibility index (Phi) is 5.99. The zero-order valence-electron chi connectivity index (χ0n) is 5.17. The molecule has 0 aliphatic carbocycles. The van der Waals surface area contributed by atoms with Gasteiger partial charge in [-0.1, -0.05) is 24.3 Å². The lowest BCUT2D eigenvalue weighted by molar-refractivity contribution is 0.302. The Balaban J connectivity index is 3.07. The summed E-state index contributed by atoms with van der Waals surface area (Å²) in [5.41, 5.74) is 0. The van der Waals surface area contributed by atoms with Crippen LogP contribution in [0, 0.1) is 0 Å². The van der Waals surface area contributed by atoms with Crippen molar-refractivity contribution in [3.63, 3.8) is 0 Å². The zero-order valence-corrected chi connectivity index (χ0v) is 5.17. The molecule has 0 rings (SSSR count). The molecule has 0 atom stereocenters. The summed E-state index contributed by atoms with van der Waals surface area (Å²) in [6.07, 6.45) is 8.50. The van der Waals surface area contributed by atoms with Crippen molar-refractivity contribution in [1.29, 1.82) is 0 Å². The lowest BCUT2D eigenvalue weighted by Gasteiger charge is -1.78. The first-order valence-corrected chi connectivity index (χ1v) is 2.80. The molecule has 0 spiro atoms. The maximum absolute atomic E-state index is 8.29. The summed E-state index contributed by atoms with van der Waals surface area (Å²) < 4.78 is 0. The quantitative estimate of drug-likeness (QED) is 0.548. The van der Waals surface area contributed by atoms with Crippen molar-refractivity contribution < 1.29 is 5.11 Å². The van der Waals surface area contributed by atoms with Crippen molar-refractivity contribution in [3.05, 3.63) is 24.3 Å². The summed E-state index contributed by atoms with van der Waals surface area (Å²) in [6, 6.07) is 0. The maximum atomic E-state index is 8.29. The molecule has 1 heteroatoms. The summed E-state index contributed by atoms with van der Waals surface area (Å²) in [6.45, 7) is 2.21. The van der Waals surface area contributed by atoms with Gasteiger partial charge in [-0.15, -0.1) is 0 Å². The Labute approximate surface area is 50.3 Å². The second-order valence-corrected chi connectivity index (χ2v) is 1.47. The van der Waals surface area contributed by atoms with E-state index in [0.29, 0.717) is 0 Å². The molecular formula is C7H12O. The van der Waals surface area contributed by atoms with Gasteiger partial charge in [0.1, 0.15) is 0 Å². The Morgan fingerprint density at radius 3 is 2.62 bits per heavy atom. The van der Waals surface area contributed by atoms with Crippen LogP contribution in [-0.2, 0) is 0 Å². The van der Waals surface area contributed by atoms with E-state index in [1.54, 1.807) is 0 Å². The third kappa shape index (κ3) is 5.44. The Morgan fingerprint density at radius 1 is 1.38 bits per heavy atom. The minimum absolute atomic E-state index is 0.244. The van der Waals surface area contributed by atoms with Crippen molar-refractivity contribution in [2.24, 2.45) is 0 Å². The number of allylic oxidation sites excluding steroid dienone is 3. The Morgan fingerprint density at radius 2 is 2.12 bits per heavy atom. The van der Waals surface area contributed by atoms with Gasteiger partial charge in [0, 0.05) is 6.61 Å². The van der Waals surface area contributed by atoms with Crippen LogP contribution in [0.3, 0.4) is 0 Å². The molecule has 0 unspecified atom stereocenters. The lowest BCUT2D eigenvalue weighted by atomic mass is 10.4. The van der Waals surface area contributed by atoms with Gasteiger partial charge in [0.05, 0.1) is 0 Å². The van der Waals surface area contributed by atoms with E-state index < -0.39 is 0 Å². The smallest absolute Gasteiger partial charge is 0.0465 e. The minimum Gasteiger partial charge on any atom is -0.396 e. The largest absolute Gasteiger partial charge is 0.396 e. The van der Waals surface area contributed by atoms with Crippen molar-refractivity contribution in [1.82, 2.24) is 0 Å². The van der Waals surface area contributed by atoms with Gasteiger partial charge in [0.2, 0.25) is 0 Å². The fourth-order valence-electron chi connectivity index (χ4n) is 0.360. The van der Waals surface area contributed by atoms with Gasteiger partial charge >= 0.3 is 0 Å². The molecule has 0 aromatic carbocycles. The second kappa shape index (κ2) is 6.44. The topological polar surface area (TPSA) is 20.2 Å². The maximum Gasteiger partial charge on any atom is 0.0465 e. The molecule has 0 saturated heterocycles.